The third kappa shape index (κ3) is 2.55. The molecule has 0 N–H and O–H groups in total. The summed E-state index contributed by atoms with van der Waals surface area (Å²) < 4.78 is 6.82. The molecule has 0 fully saturated rings. The molecule has 3 aromatic rings. The van der Waals surface area contributed by atoms with Gasteiger partial charge in [0.05, 0.1) is 7.11 Å². The summed E-state index contributed by atoms with van der Waals surface area (Å²) in [4.78, 5) is 5.37. The lowest BCUT2D eigenvalue weighted by atomic mass is 10.1. The van der Waals surface area contributed by atoms with Crippen LogP contribution in [0.2, 0.25) is 0 Å². The molecule has 112 valence electrons. The first-order chi connectivity index (χ1) is 10.8. The zero-order valence-electron chi connectivity index (χ0n) is 12.5. The maximum atomic E-state index is 9.48. The first-order valence-corrected chi connectivity index (χ1v) is 8.01. The highest BCUT2D eigenvalue weighted by Gasteiger charge is 2.17. The maximum absolute atomic E-state index is 9.48. The highest BCUT2D eigenvalue weighted by molar-refractivity contribution is 7.16. The Morgan fingerprint density at radius 1 is 1.32 bits per heavy atom. The second kappa shape index (κ2) is 6.16. The summed E-state index contributed by atoms with van der Waals surface area (Å²) in [6.45, 7) is 2.15. The van der Waals surface area contributed by atoms with Crippen LogP contribution in [-0.4, -0.2) is 21.7 Å². The van der Waals surface area contributed by atoms with E-state index in [1.165, 1.54) is 0 Å². The molecule has 2 heterocycles. The van der Waals surface area contributed by atoms with Crippen LogP contribution in [-0.2, 0) is 6.42 Å². The number of aromatic nitrogens is 3. The Labute approximate surface area is 132 Å². The Morgan fingerprint density at radius 2 is 2.09 bits per heavy atom. The Morgan fingerprint density at radius 3 is 2.73 bits per heavy atom. The van der Waals surface area contributed by atoms with Gasteiger partial charge in [-0.2, -0.15) is 14.9 Å². The van der Waals surface area contributed by atoms with Crippen molar-refractivity contribution < 1.29 is 4.74 Å². The van der Waals surface area contributed by atoms with Crippen LogP contribution in [0.15, 0.2) is 24.3 Å². The SMILES string of the molecule is CCCCc1nn2c(C#N)c(-c3ccc(OC)cc3)nc2s1. The lowest BCUT2D eigenvalue weighted by Gasteiger charge is -2.01. The second-order valence-electron chi connectivity index (χ2n) is 4.94. The van der Waals surface area contributed by atoms with Crippen molar-refractivity contribution in [2.45, 2.75) is 26.2 Å². The summed E-state index contributed by atoms with van der Waals surface area (Å²) >= 11 is 1.55. The van der Waals surface area contributed by atoms with Crippen molar-refractivity contribution in [1.29, 1.82) is 5.26 Å². The third-order valence-corrected chi connectivity index (χ3v) is 4.43. The quantitative estimate of drug-likeness (QED) is 0.721. The van der Waals surface area contributed by atoms with Crippen LogP contribution in [0.25, 0.3) is 16.2 Å². The van der Waals surface area contributed by atoms with Gasteiger partial charge in [0.25, 0.3) is 0 Å². The van der Waals surface area contributed by atoms with Gasteiger partial charge in [-0.15, -0.1) is 0 Å². The molecule has 6 heteroatoms. The molecule has 1 aromatic carbocycles. The van der Waals surface area contributed by atoms with E-state index in [0.29, 0.717) is 11.4 Å². The molecule has 22 heavy (non-hydrogen) atoms. The van der Waals surface area contributed by atoms with E-state index in [2.05, 4.69) is 23.1 Å². The van der Waals surface area contributed by atoms with Crippen molar-refractivity contribution >= 4 is 16.3 Å². The monoisotopic (exact) mass is 312 g/mol. The fourth-order valence-electron chi connectivity index (χ4n) is 2.27. The van der Waals surface area contributed by atoms with Gasteiger partial charge in [0, 0.05) is 12.0 Å². The summed E-state index contributed by atoms with van der Waals surface area (Å²) in [6.07, 6.45) is 3.17. The van der Waals surface area contributed by atoms with Crippen molar-refractivity contribution in [2.75, 3.05) is 7.11 Å². The topological polar surface area (TPSA) is 63.2 Å². The highest BCUT2D eigenvalue weighted by Crippen LogP contribution is 2.28. The summed E-state index contributed by atoms with van der Waals surface area (Å²) in [7, 11) is 1.63. The number of nitrogens with zero attached hydrogens (tertiary/aromatic N) is 4. The predicted molar refractivity (Wildman–Crippen MR) is 86.2 cm³/mol. The van der Waals surface area contributed by atoms with Crippen LogP contribution in [0.3, 0.4) is 0 Å². The van der Waals surface area contributed by atoms with Gasteiger partial charge in [0.1, 0.15) is 22.5 Å². The second-order valence-corrected chi connectivity index (χ2v) is 5.98. The number of hydrogen-bond acceptors (Lipinski definition) is 5. The predicted octanol–water partition coefficient (Wildman–Crippen LogP) is 3.68. The number of hydrogen-bond donors (Lipinski definition) is 0. The number of ether oxygens (including phenoxy) is 1. The molecule has 0 aliphatic heterocycles. The molecule has 3 rings (SSSR count). The van der Waals surface area contributed by atoms with Crippen molar-refractivity contribution in [3.63, 3.8) is 0 Å². The lowest BCUT2D eigenvalue weighted by Crippen LogP contribution is -1.93. The van der Waals surface area contributed by atoms with Crippen molar-refractivity contribution in [3.05, 3.63) is 35.0 Å². The maximum Gasteiger partial charge on any atom is 0.214 e. The molecule has 0 amide bonds. The van der Waals surface area contributed by atoms with Gasteiger partial charge in [-0.25, -0.2) is 4.98 Å². The fourth-order valence-corrected chi connectivity index (χ4v) is 3.20. The summed E-state index contributed by atoms with van der Waals surface area (Å²) in [5.74, 6) is 0.781. The van der Waals surface area contributed by atoms with Gasteiger partial charge in [0.2, 0.25) is 4.96 Å². The van der Waals surface area contributed by atoms with Crippen LogP contribution in [0, 0.1) is 11.3 Å². The summed E-state index contributed by atoms with van der Waals surface area (Å²) in [5.41, 5.74) is 2.05. The van der Waals surface area contributed by atoms with Crippen LogP contribution < -0.4 is 4.74 Å². The molecule has 0 aliphatic rings. The first-order valence-electron chi connectivity index (χ1n) is 7.19. The molecule has 0 saturated carbocycles. The Bertz CT molecular complexity index is 826. The lowest BCUT2D eigenvalue weighted by molar-refractivity contribution is 0.415. The normalized spacial score (nSPS) is 10.8. The van der Waals surface area contributed by atoms with Crippen LogP contribution >= 0.6 is 11.3 Å². The molecular formula is C16H16N4OS. The number of fused-ring (bicyclic) bond motifs is 1. The molecular weight excluding hydrogens is 296 g/mol. The average molecular weight is 312 g/mol. The van der Waals surface area contributed by atoms with E-state index in [1.54, 1.807) is 23.0 Å². The molecule has 0 radical (unpaired) electrons. The van der Waals surface area contributed by atoms with E-state index in [4.69, 9.17) is 4.74 Å². The summed E-state index contributed by atoms with van der Waals surface area (Å²) in [5, 5.41) is 15.0. The van der Waals surface area contributed by atoms with E-state index in [1.807, 2.05) is 24.3 Å². The van der Waals surface area contributed by atoms with E-state index in [-0.39, 0.29) is 0 Å². The van der Waals surface area contributed by atoms with Crippen molar-refractivity contribution in [2.24, 2.45) is 0 Å². The van der Waals surface area contributed by atoms with Crippen LogP contribution in [0.4, 0.5) is 0 Å². The number of benzene rings is 1. The van der Waals surface area contributed by atoms with Gasteiger partial charge < -0.3 is 4.74 Å². The number of aryl methyl sites for hydroxylation is 1. The molecule has 0 aliphatic carbocycles. The molecule has 0 spiro atoms. The minimum atomic E-state index is 0.485. The van der Waals surface area contributed by atoms with Gasteiger partial charge >= 0.3 is 0 Å². The molecule has 2 aromatic heterocycles. The average Bonchev–Trinajstić information content (AvgIpc) is 3.09. The molecule has 5 nitrogen and oxygen atoms in total. The number of methoxy groups -OCH3 is 1. The first kappa shape index (κ1) is 14.5. The van der Waals surface area contributed by atoms with Crippen molar-refractivity contribution in [3.8, 4) is 23.1 Å². The smallest absolute Gasteiger partial charge is 0.214 e. The number of unbranched alkanes of at least 4 members (excludes halogenated alkanes) is 1. The van der Waals surface area contributed by atoms with Gasteiger partial charge in [-0.3, -0.25) is 0 Å². The zero-order valence-corrected chi connectivity index (χ0v) is 13.4. The molecule has 0 atom stereocenters. The minimum Gasteiger partial charge on any atom is -0.497 e. The van der Waals surface area contributed by atoms with Gasteiger partial charge in [-0.1, -0.05) is 24.7 Å². The van der Waals surface area contributed by atoms with E-state index >= 15 is 0 Å². The minimum absolute atomic E-state index is 0.485. The number of imidazole rings is 1. The van der Waals surface area contributed by atoms with E-state index in [9.17, 15) is 5.26 Å². The fraction of sp³-hybridized carbons (Fsp3) is 0.312. The zero-order chi connectivity index (χ0) is 15.5. The van der Waals surface area contributed by atoms with Crippen LogP contribution in [0.5, 0.6) is 5.75 Å². The van der Waals surface area contributed by atoms with Gasteiger partial charge in [0.15, 0.2) is 5.69 Å². The Kier molecular flexibility index (Phi) is 4.07. The Hall–Kier alpha value is -2.39. The van der Waals surface area contributed by atoms with Crippen LogP contribution in [0.1, 0.15) is 30.5 Å². The van der Waals surface area contributed by atoms with Crippen molar-refractivity contribution in [1.82, 2.24) is 14.6 Å². The standard InChI is InChI=1S/C16H16N4OS/c1-3-4-5-14-19-20-13(10-17)15(18-16(20)22-14)11-6-8-12(21-2)9-7-11/h6-9H,3-5H2,1-2H3. The van der Waals surface area contributed by atoms with E-state index in [0.717, 1.165) is 40.5 Å². The van der Waals surface area contributed by atoms with E-state index < -0.39 is 0 Å². The largest absolute Gasteiger partial charge is 0.497 e. The van der Waals surface area contributed by atoms with Gasteiger partial charge in [-0.05, 0) is 30.7 Å². The Balaban J connectivity index is 2.02. The molecule has 0 saturated heterocycles. The third-order valence-electron chi connectivity index (χ3n) is 3.46. The highest BCUT2D eigenvalue weighted by atomic mass is 32.1. The molecule has 0 bridgehead atoms. The summed E-state index contributed by atoms with van der Waals surface area (Å²) in [6, 6.07) is 9.77. The number of nitriles is 1. The molecule has 0 unspecified atom stereocenters. The number of rotatable bonds is 5.